The van der Waals surface area contributed by atoms with E-state index in [9.17, 15) is 9.90 Å². The second kappa shape index (κ2) is 6.42. The number of aryl methyl sites for hydroxylation is 2. The monoisotopic (exact) mass is 351 g/mol. The summed E-state index contributed by atoms with van der Waals surface area (Å²) in [4.78, 5) is 21.2. The molecule has 0 saturated heterocycles. The van der Waals surface area contributed by atoms with Crippen LogP contribution in [-0.2, 0) is 24.3 Å². The van der Waals surface area contributed by atoms with Crippen LogP contribution in [0, 0.1) is 13.8 Å². The van der Waals surface area contributed by atoms with Crippen molar-refractivity contribution >= 4 is 5.97 Å². The van der Waals surface area contributed by atoms with Gasteiger partial charge in [-0.1, -0.05) is 17.7 Å². The zero-order chi connectivity index (χ0) is 18.3. The first-order valence-electron chi connectivity index (χ1n) is 8.61. The maximum atomic E-state index is 11.8. The number of hydrogen-bond donors (Lipinski definition) is 2. The summed E-state index contributed by atoms with van der Waals surface area (Å²) in [5.74, 6) is -0.816. The summed E-state index contributed by atoms with van der Waals surface area (Å²) >= 11 is 0. The number of aliphatic carboxylic acids is 1. The van der Waals surface area contributed by atoms with Gasteiger partial charge in [0.25, 0.3) is 0 Å². The first-order valence-corrected chi connectivity index (χ1v) is 8.61. The van der Waals surface area contributed by atoms with E-state index in [4.69, 9.17) is 0 Å². The fraction of sp³-hybridized carbons (Fsp3) is 0.316. The van der Waals surface area contributed by atoms with E-state index in [1.165, 1.54) is 0 Å². The highest BCUT2D eigenvalue weighted by atomic mass is 16.4. The van der Waals surface area contributed by atoms with Gasteiger partial charge in [-0.2, -0.15) is 5.10 Å². The standard InChI is InChI=1S/C19H21N5O2/c1-12-6-13(2)18(24-5-3-4-22-24)14(7-12)9-23-10-16-15(20-11-21-16)8-17(23)19(25)26/h3-7,11,17H,8-10H2,1-2H3,(H,20,21)(H,25,26)/t17-/m1/s1. The number of rotatable bonds is 4. The topological polar surface area (TPSA) is 87.0 Å². The zero-order valence-electron chi connectivity index (χ0n) is 14.8. The van der Waals surface area contributed by atoms with E-state index in [-0.39, 0.29) is 0 Å². The number of fused-ring (bicyclic) bond motifs is 1. The molecular formula is C19H21N5O2. The molecule has 7 nitrogen and oxygen atoms in total. The molecule has 2 N–H and O–H groups in total. The van der Waals surface area contributed by atoms with Gasteiger partial charge in [0.05, 0.1) is 23.4 Å². The van der Waals surface area contributed by atoms with Crippen LogP contribution in [0.5, 0.6) is 0 Å². The van der Waals surface area contributed by atoms with Crippen molar-refractivity contribution in [2.24, 2.45) is 0 Å². The summed E-state index contributed by atoms with van der Waals surface area (Å²) in [6, 6.07) is 5.54. The van der Waals surface area contributed by atoms with E-state index in [2.05, 4.69) is 41.0 Å². The van der Waals surface area contributed by atoms with Crippen LogP contribution in [0.1, 0.15) is 28.1 Å². The molecule has 0 aliphatic carbocycles. The quantitative estimate of drug-likeness (QED) is 0.753. The predicted molar refractivity (Wildman–Crippen MR) is 96.0 cm³/mol. The highest BCUT2D eigenvalue weighted by Gasteiger charge is 2.33. The Morgan fingerprint density at radius 1 is 1.38 bits per heavy atom. The van der Waals surface area contributed by atoms with Crippen LogP contribution in [0.15, 0.2) is 36.9 Å². The van der Waals surface area contributed by atoms with Crippen LogP contribution in [0.2, 0.25) is 0 Å². The Balaban J connectivity index is 1.73. The van der Waals surface area contributed by atoms with E-state index in [0.29, 0.717) is 19.5 Å². The fourth-order valence-electron chi connectivity index (χ4n) is 3.81. The lowest BCUT2D eigenvalue weighted by molar-refractivity contribution is -0.144. The van der Waals surface area contributed by atoms with Gasteiger partial charge < -0.3 is 10.1 Å². The molecule has 7 heteroatoms. The third-order valence-corrected chi connectivity index (χ3v) is 4.91. The maximum Gasteiger partial charge on any atom is 0.321 e. The van der Waals surface area contributed by atoms with Gasteiger partial charge in [-0.3, -0.25) is 9.69 Å². The molecule has 0 spiro atoms. The van der Waals surface area contributed by atoms with Crippen LogP contribution in [0.3, 0.4) is 0 Å². The highest BCUT2D eigenvalue weighted by Crippen LogP contribution is 2.27. The average Bonchev–Trinajstić information content (AvgIpc) is 3.24. The number of carboxylic acid groups (broad SMARTS) is 1. The van der Waals surface area contributed by atoms with E-state index in [1.54, 1.807) is 12.5 Å². The minimum absolute atomic E-state index is 0.413. The van der Waals surface area contributed by atoms with Crippen LogP contribution in [0.4, 0.5) is 0 Å². The molecule has 0 saturated carbocycles. The van der Waals surface area contributed by atoms with Crippen molar-refractivity contribution in [2.45, 2.75) is 39.4 Å². The van der Waals surface area contributed by atoms with Gasteiger partial charge >= 0.3 is 5.97 Å². The van der Waals surface area contributed by atoms with Crippen molar-refractivity contribution in [2.75, 3.05) is 0 Å². The fourth-order valence-corrected chi connectivity index (χ4v) is 3.81. The molecule has 1 aromatic carbocycles. The van der Waals surface area contributed by atoms with Gasteiger partial charge in [0.2, 0.25) is 0 Å². The Bertz CT molecular complexity index is 945. The molecule has 3 heterocycles. The van der Waals surface area contributed by atoms with Gasteiger partial charge in [0, 0.05) is 31.9 Å². The van der Waals surface area contributed by atoms with E-state index < -0.39 is 12.0 Å². The van der Waals surface area contributed by atoms with Gasteiger partial charge in [-0.15, -0.1) is 0 Å². The second-order valence-corrected chi connectivity index (χ2v) is 6.83. The molecule has 0 amide bonds. The molecule has 0 fully saturated rings. The van der Waals surface area contributed by atoms with Crippen LogP contribution in [0.25, 0.3) is 5.69 Å². The van der Waals surface area contributed by atoms with Crippen molar-refractivity contribution in [3.05, 3.63) is 65.0 Å². The van der Waals surface area contributed by atoms with Gasteiger partial charge in [-0.25, -0.2) is 9.67 Å². The molecule has 134 valence electrons. The first-order chi connectivity index (χ1) is 12.5. The molecule has 1 atom stereocenters. The summed E-state index contributed by atoms with van der Waals surface area (Å²) < 4.78 is 1.85. The molecule has 1 aliphatic heterocycles. The van der Waals surface area contributed by atoms with Crippen molar-refractivity contribution in [3.63, 3.8) is 0 Å². The lowest BCUT2D eigenvalue weighted by atomic mass is 9.99. The van der Waals surface area contributed by atoms with Gasteiger partial charge in [-0.05, 0) is 31.0 Å². The van der Waals surface area contributed by atoms with Gasteiger partial charge in [0.15, 0.2) is 0 Å². The van der Waals surface area contributed by atoms with Crippen LogP contribution in [-0.4, -0.2) is 41.8 Å². The third-order valence-electron chi connectivity index (χ3n) is 4.91. The second-order valence-electron chi connectivity index (χ2n) is 6.83. The summed E-state index contributed by atoms with van der Waals surface area (Å²) in [5, 5.41) is 14.1. The Morgan fingerprint density at radius 2 is 2.23 bits per heavy atom. The van der Waals surface area contributed by atoms with Crippen LogP contribution < -0.4 is 0 Å². The minimum Gasteiger partial charge on any atom is -0.480 e. The van der Waals surface area contributed by atoms with Crippen molar-refractivity contribution in [1.82, 2.24) is 24.6 Å². The lowest BCUT2D eigenvalue weighted by Gasteiger charge is -2.33. The SMILES string of the molecule is Cc1cc(C)c(-n2cccn2)c(CN2Cc3[nH]cnc3C[C@@H]2C(=O)O)c1. The number of nitrogens with zero attached hydrogens (tertiary/aromatic N) is 4. The van der Waals surface area contributed by atoms with Crippen LogP contribution >= 0.6 is 0 Å². The van der Waals surface area contributed by atoms with E-state index in [1.807, 2.05) is 21.8 Å². The van der Waals surface area contributed by atoms with Crippen molar-refractivity contribution < 1.29 is 9.90 Å². The number of benzene rings is 1. The summed E-state index contributed by atoms with van der Waals surface area (Å²) in [6.07, 6.45) is 5.72. The Labute approximate surface area is 151 Å². The smallest absolute Gasteiger partial charge is 0.321 e. The van der Waals surface area contributed by atoms with E-state index >= 15 is 0 Å². The predicted octanol–water partition coefficient (Wildman–Crippen LogP) is 2.22. The summed E-state index contributed by atoms with van der Waals surface area (Å²) in [6.45, 7) is 5.19. The number of carbonyl (C=O) groups is 1. The molecule has 0 unspecified atom stereocenters. The third kappa shape index (κ3) is 2.90. The molecule has 4 rings (SSSR count). The number of carboxylic acids is 1. The lowest BCUT2D eigenvalue weighted by Crippen LogP contribution is -2.45. The number of aromatic amines is 1. The molecule has 0 bridgehead atoms. The Kier molecular flexibility index (Phi) is 4.08. The summed E-state index contributed by atoms with van der Waals surface area (Å²) in [7, 11) is 0. The molecule has 26 heavy (non-hydrogen) atoms. The van der Waals surface area contributed by atoms with E-state index in [0.717, 1.165) is 33.8 Å². The largest absolute Gasteiger partial charge is 0.480 e. The number of aromatic nitrogens is 4. The average molecular weight is 351 g/mol. The molecule has 2 aromatic heterocycles. The molecular weight excluding hydrogens is 330 g/mol. The number of nitrogens with one attached hydrogen (secondary N) is 1. The minimum atomic E-state index is -0.816. The van der Waals surface area contributed by atoms with Crippen molar-refractivity contribution in [1.29, 1.82) is 0 Å². The number of H-pyrrole nitrogens is 1. The zero-order valence-corrected chi connectivity index (χ0v) is 14.8. The molecule has 0 radical (unpaired) electrons. The van der Waals surface area contributed by atoms with Crippen molar-refractivity contribution in [3.8, 4) is 5.69 Å². The number of hydrogen-bond acceptors (Lipinski definition) is 4. The number of imidazole rings is 1. The maximum absolute atomic E-state index is 11.8. The molecule has 1 aliphatic rings. The Hall–Kier alpha value is -2.93. The Morgan fingerprint density at radius 3 is 2.96 bits per heavy atom. The highest BCUT2D eigenvalue weighted by molar-refractivity contribution is 5.74. The molecule has 3 aromatic rings. The normalized spacial score (nSPS) is 17.2. The van der Waals surface area contributed by atoms with Gasteiger partial charge in [0.1, 0.15) is 6.04 Å². The first kappa shape index (κ1) is 16.5. The summed E-state index contributed by atoms with van der Waals surface area (Å²) in [5.41, 5.74) is 6.20.